The molecule has 0 amide bonds. The van der Waals surface area contributed by atoms with Crippen LogP contribution in [0.15, 0.2) is 200 Å². The van der Waals surface area contributed by atoms with Crippen molar-refractivity contribution >= 4 is 21.5 Å². The molecule has 266 valence electrons. The Hall–Kier alpha value is -7.69. The molecule has 0 N–H and O–H groups in total. The maximum absolute atomic E-state index is 6.63. The third kappa shape index (κ3) is 5.92. The molecule has 0 spiro atoms. The number of ether oxygens (including phenoxy) is 1. The van der Waals surface area contributed by atoms with E-state index in [0.29, 0.717) is 17.5 Å². The highest BCUT2D eigenvalue weighted by Crippen LogP contribution is 2.48. The van der Waals surface area contributed by atoms with Crippen LogP contribution in [0.2, 0.25) is 0 Å². The first-order valence-electron chi connectivity index (χ1n) is 19.2. The van der Waals surface area contributed by atoms with E-state index in [9.17, 15) is 0 Å². The van der Waals surface area contributed by atoms with E-state index in [1.54, 1.807) is 0 Å². The molecule has 4 nitrogen and oxygen atoms in total. The van der Waals surface area contributed by atoms with E-state index in [1.807, 2.05) is 36.4 Å². The molecule has 4 heteroatoms. The Kier molecular flexibility index (Phi) is 7.78. The lowest BCUT2D eigenvalue weighted by Gasteiger charge is -2.22. The number of benzene rings is 9. The minimum Gasteiger partial charge on any atom is -0.456 e. The van der Waals surface area contributed by atoms with E-state index in [0.717, 1.165) is 72.5 Å². The molecule has 0 aliphatic carbocycles. The molecule has 1 aliphatic heterocycles. The van der Waals surface area contributed by atoms with Gasteiger partial charge in [-0.2, -0.15) is 0 Å². The summed E-state index contributed by atoms with van der Waals surface area (Å²) in [5.41, 5.74) is 11.6. The van der Waals surface area contributed by atoms with Gasteiger partial charge in [0.05, 0.1) is 0 Å². The van der Waals surface area contributed by atoms with Crippen molar-refractivity contribution in [1.82, 2.24) is 15.0 Å². The van der Waals surface area contributed by atoms with Gasteiger partial charge in [-0.05, 0) is 91.5 Å². The van der Waals surface area contributed by atoms with Crippen molar-refractivity contribution in [1.29, 1.82) is 0 Å². The van der Waals surface area contributed by atoms with E-state index in [4.69, 9.17) is 19.7 Å². The molecule has 9 aromatic carbocycles. The number of hydrogen-bond donors (Lipinski definition) is 0. The van der Waals surface area contributed by atoms with Gasteiger partial charge < -0.3 is 4.74 Å². The second kappa shape index (κ2) is 13.6. The quantitative estimate of drug-likeness (QED) is 0.171. The van der Waals surface area contributed by atoms with Gasteiger partial charge in [0.15, 0.2) is 17.5 Å². The van der Waals surface area contributed by atoms with Crippen molar-refractivity contribution in [2.75, 3.05) is 0 Å². The van der Waals surface area contributed by atoms with E-state index < -0.39 is 0 Å². The molecular formula is C53H33N3O. The van der Waals surface area contributed by atoms with Crippen LogP contribution in [0, 0.1) is 0 Å². The number of rotatable bonds is 6. The van der Waals surface area contributed by atoms with E-state index >= 15 is 0 Å². The SMILES string of the molecule is c1ccc(-c2ccc(-c3nc(-c4ccccc4)nc(-c4cc(-c5ccc6c(c5)Oc5cccc7cccc-6c57)cc(-c5cccc6ccccc56)c4)n3)cc2)cc1. The van der Waals surface area contributed by atoms with E-state index in [2.05, 4.69) is 164 Å². The van der Waals surface area contributed by atoms with Crippen LogP contribution in [-0.2, 0) is 0 Å². The van der Waals surface area contributed by atoms with Gasteiger partial charge in [0.1, 0.15) is 11.5 Å². The highest BCUT2D eigenvalue weighted by Gasteiger charge is 2.21. The molecule has 0 fully saturated rings. The minimum atomic E-state index is 0.601. The predicted octanol–water partition coefficient (Wildman–Crippen LogP) is 14.0. The largest absolute Gasteiger partial charge is 0.456 e. The molecule has 2 heterocycles. The molecule has 0 radical (unpaired) electrons. The van der Waals surface area contributed by atoms with Crippen LogP contribution in [0.1, 0.15) is 0 Å². The fourth-order valence-electron chi connectivity index (χ4n) is 8.09. The Morgan fingerprint density at radius 2 is 0.807 bits per heavy atom. The molecule has 1 aromatic heterocycles. The molecule has 1 aliphatic rings. The van der Waals surface area contributed by atoms with Crippen LogP contribution in [0.5, 0.6) is 11.5 Å². The van der Waals surface area contributed by atoms with Crippen LogP contribution < -0.4 is 4.74 Å². The summed E-state index contributed by atoms with van der Waals surface area (Å²) in [6.45, 7) is 0. The molecular weight excluding hydrogens is 695 g/mol. The van der Waals surface area contributed by atoms with Crippen LogP contribution in [0.4, 0.5) is 0 Å². The molecule has 0 saturated heterocycles. The summed E-state index contributed by atoms with van der Waals surface area (Å²) in [5.74, 6) is 3.55. The summed E-state index contributed by atoms with van der Waals surface area (Å²) in [5, 5.41) is 4.69. The van der Waals surface area contributed by atoms with Gasteiger partial charge in [-0.25, -0.2) is 15.0 Å². The van der Waals surface area contributed by atoms with Crippen molar-refractivity contribution in [2.45, 2.75) is 0 Å². The monoisotopic (exact) mass is 727 g/mol. The molecule has 57 heavy (non-hydrogen) atoms. The summed E-state index contributed by atoms with van der Waals surface area (Å²) in [4.78, 5) is 15.4. The average molecular weight is 728 g/mol. The van der Waals surface area contributed by atoms with Gasteiger partial charge >= 0.3 is 0 Å². The Balaban J connectivity index is 1.10. The average Bonchev–Trinajstić information content (AvgIpc) is 3.29. The van der Waals surface area contributed by atoms with Gasteiger partial charge in [0, 0.05) is 27.6 Å². The zero-order chi connectivity index (χ0) is 37.7. The van der Waals surface area contributed by atoms with Gasteiger partial charge in [-0.15, -0.1) is 0 Å². The Morgan fingerprint density at radius 3 is 1.58 bits per heavy atom. The minimum absolute atomic E-state index is 0.601. The van der Waals surface area contributed by atoms with Crippen molar-refractivity contribution in [3.8, 4) is 90.2 Å². The second-order valence-electron chi connectivity index (χ2n) is 14.4. The number of fused-ring (bicyclic) bond motifs is 3. The van der Waals surface area contributed by atoms with Crippen molar-refractivity contribution in [3.05, 3.63) is 200 Å². The van der Waals surface area contributed by atoms with E-state index in [-0.39, 0.29) is 0 Å². The number of hydrogen-bond acceptors (Lipinski definition) is 4. The second-order valence-corrected chi connectivity index (χ2v) is 14.4. The van der Waals surface area contributed by atoms with Crippen LogP contribution >= 0.6 is 0 Å². The van der Waals surface area contributed by atoms with Gasteiger partial charge in [-0.1, -0.05) is 164 Å². The summed E-state index contributed by atoms with van der Waals surface area (Å²) < 4.78 is 6.63. The van der Waals surface area contributed by atoms with Gasteiger partial charge in [-0.3, -0.25) is 0 Å². The zero-order valence-electron chi connectivity index (χ0n) is 30.8. The van der Waals surface area contributed by atoms with Gasteiger partial charge in [0.2, 0.25) is 0 Å². The molecule has 11 rings (SSSR count). The summed E-state index contributed by atoms with van der Waals surface area (Å²) >= 11 is 0. The smallest absolute Gasteiger partial charge is 0.164 e. The predicted molar refractivity (Wildman–Crippen MR) is 233 cm³/mol. The highest BCUT2D eigenvalue weighted by atomic mass is 16.5. The van der Waals surface area contributed by atoms with Gasteiger partial charge in [0.25, 0.3) is 0 Å². The van der Waals surface area contributed by atoms with Crippen molar-refractivity contribution < 1.29 is 4.74 Å². The lowest BCUT2D eigenvalue weighted by atomic mass is 9.90. The molecule has 10 aromatic rings. The standard InChI is InChI=1S/C53H33N3O/c1-3-12-34(13-4-1)35-24-26-39(27-25-35)52-54-51(38-15-5-2-6-16-38)55-53(56-52)43-31-41(30-42(32-43)45-21-9-17-36-14-7-8-20-44(36)45)40-28-29-46-47-22-10-18-37-19-11-23-48(50(37)47)57-49(46)33-40/h1-33H. The fourth-order valence-corrected chi connectivity index (χ4v) is 8.09. The third-order valence-corrected chi connectivity index (χ3v) is 10.9. The summed E-state index contributed by atoms with van der Waals surface area (Å²) in [7, 11) is 0. The zero-order valence-corrected chi connectivity index (χ0v) is 30.8. The van der Waals surface area contributed by atoms with Crippen LogP contribution in [0.3, 0.4) is 0 Å². The highest BCUT2D eigenvalue weighted by molar-refractivity contribution is 6.04. The lowest BCUT2D eigenvalue weighted by molar-refractivity contribution is 0.487. The normalized spacial score (nSPS) is 11.6. The first kappa shape index (κ1) is 32.7. The third-order valence-electron chi connectivity index (χ3n) is 10.9. The lowest BCUT2D eigenvalue weighted by Crippen LogP contribution is -2.01. The van der Waals surface area contributed by atoms with Crippen LogP contribution in [0.25, 0.3) is 100 Å². The molecule has 0 atom stereocenters. The first-order valence-corrected chi connectivity index (χ1v) is 19.2. The number of nitrogens with zero attached hydrogens (tertiary/aromatic N) is 3. The Bertz CT molecular complexity index is 3130. The van der Waals surface area contributed by atoms with Crippen LogP contribution in [-0.4, -0.2) is 15.0 Å². The first-order chi connectivity index (χ1) is 28.2. The topological polar surface area (TPSA) is 47.9 Å². The molecule has 0 unspecified atom stereocenters. The Morgan fingerprint density at radius 1 is 0.281 bits per heavy atom. The maximum atomic E-state index is 6.63. The van der Waals surface area contributed by atoms with E-state index in [1.165, 1.54) is 21.7 Å². The fraction of sp³-hybridized carbons (Fsp3) is 0. The number of aromatic nitrogens is 3. The summed E-state index contributed by atoms with van der Waals surface area (Å²) in [6.07, 6.45) is 0. The molecule has 0 saturated carbocycles. The van der Waals surface area contributed by atoms with Crippen molar-refractivity contribution in [3.63, 3.8) is 0 Å². The summed E-state index contributed by atoms with van der Waals surface area (Å²) in [6, 6.07) is 69.9. The van der Waals surface area contributed by atoms with Crippen molar-refractivity contribution in [2.24, 2.45) is 0 Å². The maximum Gasteiger partial charge on any atom is 0.164 e. The molecule has 0 bridgehead atoms. The Labute approximate surface area is 330 Å².